The predicted molar refractivity (Wildman–Crippen MR) is 25.2 cm³/mol. The molecule has 0 spiro atoms. The minimum absolute atomic E-state index is 0. The summed E-state index contributed by atoms with van der Waals surface area (Å²) in [6, 6.07) is 0. The Balaban J connectivity index is -0.00000000500. The van der Waals surface area contributed by atoms with E-state index < -0.39 is 0 Å². The van der Waals surface area contributed by atoms with Crippen LogP contribution in [0.15, 0.2) is 0 Å². The van der Waals surface area contributed by atoms with Crippen molar-refractivity contribution in [1.82, 2.24) is 0 Å². The van der Waals surface area contributed by atoms with Crippen LogP contribution in [0, 0.1) is 38.6 Å². The van der Waals surface area contributed by atoms with Crippen molar-refractivity contribution in [2.45, 2.75) is 21.3 Å². The molecule has 0 fully saturated rings. The summed E-state index contributed by atoms with van der Waals surface area (Å²) in [5.41, 5.74) is 0. The topological polar surface area (TPSA) is 17.1 Å². The minimum atomic E-state index is 0. The minimum Gasteiger partial charge on any atom is -0.307 e. The number of hydrogen-bond acceptors (Lipinski definition) is 1. The van der Waals surface area contributed by atoms with Gasteiger partial charge in [0.25, 0.3) is 0 Å². The van der Waals surface area contributed by atoms with Crippen LogP contribution in [0.3, 0.4) is 0 Å². The van der Waals surface area contributed by atoms with E-state index in [-0.39, 0.29) is 46.0 Å². The Morgan fingerprint density at radius 3 is 1.17 bits per heavy atom. The Morgan fingerprint density at radius 1 is 1.17 bits per heavy atom. The van der Waals surface area contributed by atoms with E-state index in [2.05, 4.69) is 0 Å². The van der Waals surface area contributed by atoms with E-state index >= 15 is 0 Å². The van der Waals surface area contributed by atoms with Crippen molar-refractivity contribution in [2.24, 2.45) is 0 Å². The van der Waals surface area contributed by atoms with E-state index in [0.717, 1.165) is 0 Å². The molecular formula is C4H12OTb. The maximum atomic E-state index is 8.00. The first-order valence-corrected chi connectivity index (χ1v) is 1.29. The fraction of sp³-hybridized carbons (Fsp3) is 0.750. The molecule has 0 aliphatic carbocycles. The van der Waals surface area contributed by atoms with E-state index in [4.69, 9.17) is 4.79 Å². The molecule has 0 rings (SSSR count). The van der Waals surface area contributed by atoms with Crippen LogP contribution in [0.25, 0.3) is 0 Å². The first-order chi connectivity index (χ1) is 2.00. The molecule has 0 saturated heterocycles. The van der Waals surface area contributed by atoms with Crippen molar-refractivity contribution in [3.05, 3.63) is 0 Å². The third-order valence-electron chi connectivity index (χ3n) is 0. The molecule has 1 nitrogen and oxygen atoms in total. The molecule has 0 aromatic heterocycles. The van der Waals surface area contributed by atoms with Crippen LogP contribution in [0.1, 0.15) is 21.3 Å². The smallest absolute Gasteiger partial charge is 0.106 e. The maximum absolute atomic E-state index is 8.00. The van der Waals surface area contributed by atoms with Crippen molar-refractivity contribution in [3.63, 3.8) is 0 Å². The van der Waals surface area contributed by atoms with Crippen LogP contribution < -0.4 is 0 Å². The number of carbonyl (C=O) groups is 1. The number of rotatable bonds is 0. The number of carbonyl (C=O) groups excluding carboxylic acids is 1. The van der Waals surface area contributed by atoms with Gasteiger partial charge in [0, 0.05) is 38.6 Å². The van der Waals surface area contributed by atoms with E-state index in [9.17, 15) is 0 Å². The van der Waals surface area contributed by atoms with E-state index in [0.29, 0.717) is 0 Å². The second-order valence-corrected chi connectivity index (χ2v) is 0. The molecule has 0 aromatic rings. The van der Waals surface area contributed by atoms with Crippen LogP contribution in [-0.2, 0) is 4.79 Å². The van der Waals surface area contributed by atoms with Gasteiger partial charge in [-0.1, -0.05) is 21.3 Å². The largest absolute Gasteiger partial charge is 0.307 e. The van der Waals surface area contributed by atoms with Gasteiger partial charge in [-0.25, -0.2) is 0 Å². The Kier molecular flexibility index (Phi) is 754. The Labute approximate surface area is 70.9 Å². The summed E-state index contributed by atoms with van der Waals surface area (Å²) in [6.07, 6.45) is 0. The summed E-state index contributed by atoms with van der Waals surface area (Å²) in [6.45, 7) is 6.00. The van der Waals surface area contributed by atoms with Gasteiger partial charge in [-0.05, 0) is 0 Å². The Hall–Kier alpha value is 0.956. The zero-order chi connectivity index (χ0) is 4.00. The molecule has 43 valence electrons. The molecule has 0 heterocycles. The van der Waals surface area contributed by atoms with Crippen LogP contribution in [0.2, 0.25) is 0 Å². The molecule has 0 atom stereocenters. The normalized spacial score (nSPS) is 1.67. The molecular weight excluding hydrogens is 223 g/mol. The molecule has 2 heteroatoms. The van der Waals surface area contributed by atoms with Crippen molar-refractivity contribution in [1.29, 1.82) is 0 Å². The summed E-state index contributed by atoms with van der Waals surface area (Å²) in [4.78, 5) is 8.00. The van der Waals surface area contributed by atoms with Gasteiger partial charge in [-0.3, -0.25) is 0 Å². The zero-order valence-electron chi connectivity index (χ0n) is 3.45. The number of hydrogen-bond donors (Lipinski definition) is 0. The fourth-order valence-electron chi connectivity index (χ4n) is 0. The summed E-state index contributed by atoms with van der Waals surface area (Å²) in [7, 11) is 0. The van der Waals surface area contributed by atoms with Gasteiger partial charge in [0.1, 0.15) is 6.79 Å². The van der Waals surface area contributed by atoms with Crippen LogP contribution in [0.4, 0.5) is 0 Å². The van der Waals surface area contributed by atoms with Gasteiger partial charge < -0.3 is 4.79 Å². The second kappa shape index (κ2) is 160. The van der Waals surface area contributed by atoms with Gasteiger partial charge in [0.15, 0.2) is 0 Å². The van der Waals surface area contributed by atoms with Crippen LogP contribution in [0.5, 0.6) is 0 Å². The SMILES string of the molecule is C.C=O.CC.[Tb]. The summed E-state index contributed by atoms with van der Waals surface area (Å²) < 4.78 is 0. The van der Waals surface area contributed by atoms with E-state index in [1.807, 2.05) is 20.6 Å². The molecule has 0 saturated carbocycles. The van der Waals surface area contributed by atoms with Crippen molar-refractivity contribution in [3.8, 4) is 0 Å². The quantitative estimate of drug-likeness (QED) is 0.621. The van der Waals surface area contributed by atoms with Gasteiger partial charge in [0.05, 0.1) is 0 Å². The molecule has 0 unspecified atom stereocenters. The van der Waals surface area contributed by atoms with E-state index in [1.54, 1.807) is 0 Å². The second-order valence-electron chi connectivity index (χ2n) is 0. The monoisotopic (exact) mass is 235 g/mol. The van der Waals surface area contributed by atoms with Gasteiger partial charge in [-0.2, -0.15) is 0 Å². The first-order valence-electron chi connectivity index (χ1n) is 1.29. The van der Waals surface area contributed by atoms with Gasteiger partial charge in [-0.15, -0.1) is 0 Å². The third kappa shape index (κ3) is 84.9. The van der Waals surface area contributed by atoms with Crippen molar-refractivity contribution >= 4 is 6.79 Å². The predicted octanol–water partition coefficient (Wildman–Crippen LogP) is 1.48. The average Bonchev–Trinajstić information content (AvgIpc) is 1.50. The average molecular weight is 235 g/mol. The standard InChI is InChI=1S/C2H6.CH2O.CH4.Tb/c2*1-2;;/h1-2H3;1H2;1H4;. The molecule has 6 heavy (non-hydrogen) atoms. The third-order valence-corrected chi connectivity index (χ3v) is 0. The molecule has 0 amide bonds. The molecule has 0 aromatic carbocycles. The van der Waals surface area contributed by atoms with Gasteiger partial charge >= 0.3 is 0 Å². The fourth-order valence-corrected chi connectivity index (χ4v) is 0. The van der Waals surface area contributed by atoms with E-state index in [1.165, 1.54) is 0 Å². The Morgan fingerprint density at radius 2 is 1.17 bits per heavy atom. The molecule has 0 N–H and O–H groups in total. The van der Waals surface area contributed by atoms with Crippen LogP contribution >= 0.6 is 0 Å². The van der Waals surface area contributed by atoms with Crippen LogP contribution in [-0.4, -0.2) is 6.79 Å². The Bertz CT molecular complexity index is 7.51. The summed E-state index contributed by atoms with van der Waals surface area (Å²) in [5.74, 6) is 0. The van der Waals surface area contributed by atoms with Crippen molar-refractivity contribution < 1.29 is 43.4 Å². The molecule has 0 aliphatic heterocycles. The summed E-state index contributed by atoms with van der Waals surface area (Å²) in [5, 5.41) is 0. The maximum Gasteiger partial charge on any atom is 0.106 e. The first kappa shape index (κ1) is 28.2. The zero-order valence-corrected chi connectivity index (χ0v) is 5.59. The van der Waals surface area contributed by atoms with Gasteiger partial charge in [0.2, 0.25) is 0 Å². The molecule has 1 radical (unpaired) electrons. The van der Waals surface area contributed by atoms with Crippen molar-refractivity contribution in [2.75, 3.05) is 0 Å². The molecule has 0 bridgehead atoms. The summed E-state index contributed by atoms with van der Waals surface area (Å²) >= 11 is 0. The molecule has 0 aliphatic rings.